The molecule has 10 heteroatoms. The van der Waals surface area contributed by atoms with Crippen molar-refractivity contribution < 1.29 is 28.4 Å². The summed E-state index contributed by atoms with van der Waals surface area (Å²) >= 11 is 0. The molecule has 2 aromatic carbocycles. The van der Waals surface area contributed by atoms with Gasteiger partial charge < -0.3 is 19.1 Å². The first-order chi connectivity index (χ1) is 19.9. The van der Waals surface area contributed by atoms with Crippen molar-refractivity contribution in [3.63, 3.8) is 0 Å². The summed E-state index contributed by atoms with van der Waals surface area (Å²) in [6.45, 7) is 3.12. The van der Waals surface area contributed by atoms with Crippen LogP contribution in [-0.4, -0.2) is 63.8 Å². The number of fused-ring (bicyclic) bond motifs is 1. The number of hydrogen-bond donors (Lipinski definition) is 1. The molecule has 212 valence electrons. The van der Waals surface area contributed by atoms with Crippen LogP contribution in [0.4, 0.5) is 0 Å². The monoisotopic (exact) mass is 556 g/mol. The second-order valence-electron chi connectivity index (χ2n) is 10.9. The van der Waals surface area contributed by atoms with Crippen LogP contribution in [0, 0.1) is 6.92 Å². The van der Waals surface area contributed by atoms with Crippen molar-refractivity contribution in [2.45, 2.75) is 64.1 Å². The highest BCUT2D eigenvalue weighted by Gasteiger charge is 2.39. The summed E-state index contributed by atoms with van der Waals surface area (Å²) in [4.78, 5) is 53.8. The van der Waals surface area contributed by atoms with Crippen LogP contribution in [0.25, 0.3) is 11.3 Å². The van der Waals surface area contributed by atoms with Gasteiger partial charge in [0.2, 0.25) is 17.7 Å². The van der Waals surface area contributed by atoms with E-state index in [0.29, 0.717) is 42.3 Å². The molecule has 1 aromatic heterocycles. The van der Waals surface area contributed by atoms with Crippen LogP contribution in [0.1, 0.15) is 59.3 Å². The van der Waals surface area contributed by atoms with Gasteiger partial charge in [-0.2, -0.15) is 0 Å². The highest BCUT2D eigenvalue weighted by Crippen LogP contribution is 2.31. The third kappa shape index (κ3) is 5.33. The molecule has 2 atom stereocenters. The van der Waals surface area contributed by atoms with Crippen molar-refractivity contribution in [1.29, 1.82) is 0 Å². The van der Waals surface area contributed by atoms with Crippen molar-refractivity contribution in [3.05, 3.63) is 71.0 Å². The topological polar surface area (TPSA) is 122 Å². The quantitative estimate of drug-likeness (QED) is 0.443. The summed E-state index contributed by atoms with van der Waals surface area (Å²) < 4.78 is 11.6. The maximum Gasteiger partial charge on any atom is 0.255 e. The van der Waals surface area contributed by atoms with Gasteiger partial charge in [0.1, 0.15) is 29.9 Å². The molecule has 0 spiro atoms. The Morgan fingerprint density at radius 2 is 1.93 bits per heavy atom. The minimum atomic E-state index is -0.657. The number of aryl methyl sites for hydroxylation is 1. The molecule has 6 rings (SSSR count). The molecular formula is C31H32N4O6. The molecule has 0 radical (unpaired) electrons. The third-order valence-electron chi connectivity index (χ3n) is 8.24. The second-order valence-corrected chi connectivity index (χ2v) is 10.9. The Morgan fingerprint density at radius 3 is 2.73 bits per heavy atom. The van der Waals surface area contributed by atoms with Gasteiger partial charge in [-0.15, -0.1) is 0 Å². The average molecular weight is 557 g/mol. The average Bonchev–Trinajstić information content (AvgIpc) is 3.51. The maximum absolute atomic E-state index is 13.5. The molecule has 0 saturated carbocycles. The second kappa shape index (κ2) is 11.2. The zero-order valence-corrected chi connectivity index (χ0v) is 22.9. The van der Waals surface area contributed by atoms with Crippen LogP contribution in [0.3, 0.4) is 0 Å². The molecule has 3 aliphatic rings. The Hall–Kier alpha value is -4.47. The molecule has 4 heterocycles. The molecular weight excluding hydrogens is 524 g/mol. The smallest absolute Gasteiger partial charge is 0.255 e. The zero-order chi connectivity index (χ0) is 28.5. The van der Waals surface area contributed by atoms with Gasteiger partial charge in [-0.1, -0.05) is 35.5 Å². The van der Waals surface area contributed by atoms with E-state index in [1.165, 1.54) is 4.90 Å². The molecule has 41 heavy (non-hydrogen) atoms. The lowest BCUT2D eigenvalue weighted by molar-refractivity contribution is -0.137. The summed E-state index contributed by atoms with van der Waals surface area (Å²) in [5.41, 5.74) is 3.73. The van der Waals surface area contributed by atoms with Crippen LogP contribution in [0.5, 0.6) is 5.75 Å². The number of likely N-dealkylation sites (tertiary alicyclic amines) is 1. The number of amides is 4. The van der Waals surface area contributed by atoms with E-state index in [0.717, 1.165) is 36.0 Å². The predicted molar refractivity (Wildman–Crippen MR) is 148 cm³/mol. The summed E-state index contributed by atoms with van der Waals surface area (Å²) in [5, 5.41) is 6.55. The number of nitrogens with zero attached hydrogens (tertiary/aromatic N) is 3. The number of benzene rings is 2. The maximum atomic E-state index is 13.5. The van der Waals surface area contributed by atoms with Gasteiger partial charge in [0.25, 0.3) is 5.91 Å². The number of rotatable bonds is 7. The van der Waals surface area contributed by atoms with Gasteiger partial charge in [0, 0.05) is 36.2 Å². The first-order valence-corrected chi connectivity index (χ1v) is 14.1. The molecule has 1 N–H and O–H groups in total. The van der Waals surface area contributed by atoms with Gasteiger partial charge in [-0.05, 0) is 56.4 Å². The normalized spacial score (nSPS) is 20.7. The number of nitrogens with one attached hydrogen (secondary N) is 1. The van der Waals surface area contributed by atoms with E-state index in [-0.39, 0.29) is 43.1 Å². The van der Waals surface area contributed by atoms with Crippen molar-refractivity contribution in [2.24, 2.45) is 0 Å². The standard InChI is InChI=1S/C31H32N4O6/c1-19-25(29(33-41-19)20-7-3-2-4-8-20)16-28(37)34-14-6-5-9-22(34)18-40-23-10-11-24-21(15-23)17-35(31(24)39)26-12-13-27(36)32-30(26)38/h2-4,7-8,10-11,15,22,26H,5-6,9,12-14,16-18H2,1H3,(H,32,36,38)/t22-,26?/m1/s1. The number of hydrogen-bond acceptors (Lipinski definition) is 7. The number of aromatic nitrogens is 1. The lowest BCUT2D eigenvalue weighted by atomic mass is 9.99. The van der Waals surface area contributed by atoms with Crippen LogP contribution in [0.2, 0.25) is 0 Å². The fourth-order valence-electron chi connectivity index (χ4n) is 6.01. The fourth-order valence-corrected chi connectivity index (χ4v) is 6.01. The Bertz CT molecular complexity index is 1500. The van der Waals surface area contributed by atoms with Gasteiger partial charge in [0.05, 0.1) is 12.5 Å². The highest BCUT2D eigenvalue weighted by molar-refractivity contribution is 6.05. The first kappa shape index (κ1) is 26.7. The molecule has 3 aromatic rings. The summed E-state index contributed by atoms with van der Waals surface area (Å²) in [6.07, 6.45) is 3.53. The molecule has 1 unspecified atom stereocenters. The number of ether oxygens (including phenoxy) is 1. The lowest BCUT2D eigenvalue weighted by Crippen LogP contribution is -2.52. The van der Waals surface area contributed by atoms with Crippen LogP contribution in [0.15, 0.2) is 53.1 Å². The van der Waals surface area contributed by atoms with E-state index >= 15 is 0 Å². The Balaban J connectivity index is 1.11. The summed E-state index contributed by atoms with van der Waals surface area (Å²) in [5.74, 6) is 0.305. The van der Waals surface area contributed by atoms with Gasteiger partial charge in [-0.3, -0.25) is 24.5 Å². The summed E-state index contributed by atoms with van der Waals surface area (Å²) in [7, 11) is 0. The van der Waals surface area contributed by atoms with Crippen LogP contribution in [-0.2, 0) is 27.3 Å². The molecule has 4 amide bonds. The molecule has 10 nitrogen and oxygen atoms in total. The van der Waals surface area contributed by atoms with Gasteiger partial charge in [0.15, 0.2) is 0 Å². The van der Waals surface area contributed by atoms with Crippen LogP contribution < -0.4 is 10.1 Å². The lowest BCUT2D eigenvalue weighted by Gasteiger charge is -2.35. The first-order valence-electron chi connectivity index (χ1n) is 14.1. The van der Waals surface area contributed by atoms with E-state index < -0.39 is 11.9 Å². The molecule has 3 aliphatic heterocycles. The van der Waals surface area contributed by atoms with Gasteiger partial charge >= 0.3 is 0 Å². The number of piperidine rings is 2. The van der Waals surface area contributed by atoms with E-state index in [9.17, 15) is 19.2 Å². The van der Waals surface area contributed by atoms with E-state index in [1.54, 1.807) is 12.1 Å². The molecule has 2 saturated heterocycles. The predicted octanol–water partition coefficient (Wildman–Crippen LogP) is 3.41. The third-order valence-corrected chi connectivity index (χ3v) is 8.24. The molecule has 2 fully saturated rings. The van der Waals surface area contributed by atoms with Crippen molar-refractivity contribution in [1.82, 2.24) is 20.3 Å². The molecule has 0 aliphatic carbocycles. The highest BCUT2D eigenvalue weighted by atomic mass is 16.5. The number of imide groups is 1. The largest absolute Gasteiger partial charge is 0.491 e. The van der Waals surface area contributed by atoms with E-state index in [1.807, 2.05) is 48.2 Å². The summed E-state index contributed by atoms with van der Waals surface area (Å²) in [6, 6.07) is 14.3. The Morgan fingerprint density at radius 1 is 1.10 bits per heavy atom. The Labute approximate surface area is 237 Å². The minimum absolute atomic E-state index is 0.0150. The minimum Gasteiger partial charge on any atom is -0.491 e. The SMILES string of the molecule is Cc1onc(-c2ccccc2)c1CC(=O)N1CCCC[C@@H]1COc1ccc2c(c1)CN(C1CCC(=O)NC1=O)C2=O. The molecule has 0 bridgehead atoms. The number of carbonyl (C=O) groups is 4. The van der Waals surface area contributed by atoms with Gasteiger partial charge in [-0.25, -0.2) is 0 Å². The van der Waals surface area contributed by atoms with Crippen molar-refractivity contribution in [3.8, 4) is 17.0 Å². The van der Waals surface area contributed by atoms with E-state index in [4.69, 9.17) is 9.26 Å². The fraction of sp³-hybridized carbons (Fsp3) is 0.387. The van der Waals surface area contributed by atoms with Crippen LogP contribution >= 0.6 is 0 Å². The van der Waals surface area contributed by atoms with Crippen molar-refractivity contribution >= 4 is 23.6 Å². The van der Waals surface area contributed by atoms with E-state index in [2.05, 4.69) is 10.5 Å². The zero-order valence-electron chi connectivity index (χ0n) is 22.9. The Kier molecular flexibility index (Phi) is 7.30. The number of carbonyl (C=O) groups excluding carboxylic acids is 4. The van der Waals surface area contributed by atoms with Crippen molar-refractivity contribution in [2.75, 3.05) is 13.2 Å².